The van der Waals surface area contributed by atoms with Crippen molar-refractivity contribution in [3.63, 3.8) is 0 Å². The molecule has 0 bridgehead atoms. The SMILES string of the molecule is CCN(C(=S)Cc1ccc(Cl)c(Cl)c1)C1CCCCC(OC)(OC)C1N1CCCC1. The second-order valence-electron chi connectivity index (χ2n) is 8.33. The molecule has 0 N–H and O–H groups in total. The molecular weight excluding hydrogens is 439 g/mol. The van der Waals surface area contributed by atoms with Gasteiger partial charge < -0.3 is 14.4 Å². The lowest BCUT2D eigenvalue weighted by atomic mass is 9.93. The fraction of sp³-hybridized carbons (Fsp3) is 0.696. The Bertz CT molecular complexity index is 723. The fourth-order valence-corrected chi connectivity index (χ4v) is 5.99. The zero-order valence-corrected chi connectivity index (χ0v) is 20.7. The Hall–Kier alpha value is -0.430. The van der Waals surface area contributed by atoms with Crippen molar-refractivity contribution < 1.29 is 9.47 Å². The van der Waals surface area contributed by atoms with Crippen molar-refractivity contribution in [3.8, 4) is 0 Å². The van der Waals surface area contributed by atoms with E-state index in [1.54, 1.807) is 14.2 Å². The molecule has 1 saturated carbocycles. The number of ether oxygens (including phenoxy) is 2. The molecule has 2 atom stereocenters. The highest BCUT2D eigenvalue weighted by Gasteiger charge is 2.50. The Morgan fingerprint density at radius 3 is 2.43 bits per heavy atom. The molecule has 2 unspecified atom stereocenters. The minimum absolute atomic E-state index is 0.157. The molecule has 30 heavy (non-hydrogen) atoms. The van der Waals surface area contributed by atoms with Crippen molar-refractivity contribution in [2.24, 2.45) is 0 Å². The normalized spacial score (nSPS) is 24.6. The van der Waals surface area contributed by atoms with E-state index >= 15 is 0 Å². The summed E-state index contributed by atoms with van der Waals surface area (Å²) in [5, 5.41) is 1.14. The van der Waals surface area contributed by atoms with Crippen LogP contribution < -0.4 is 0 Å². The highest BCUT2D eigenvalue weighted by Crippen LogP contribution is 2.38. The Labute approximate surface area is 196 Å². The van der Waals surface area contributed by atoms with Gasteiger partial charge in [-0.2, -0.15) is 0 Å². The molecule has 168 valence electrons. The Morgan fingerprint density at radius 2 is 1.83 bits per heavy atom. The maximum Gasteiger partial charge on any atom is 0.185 e. The third-order valence-electron chi connectivity index (χ3n) is 6.72. The van der Waals surface area contributed by atoms with Crippen molar-refractivity contribution in [2.45, 2.75) is 69.7 Å². The molecule has 4 nitrogen and oxygen atoms in total. The highest BCUT2D eigenvalue weighted by molar-refractivity contribution is 7.80. The van der Waals surface area contributed by atoms with Gasteiger partial charge >= 0.3 is 0 Å². The van der Waals surface area contributed by atoms with Crippen LogP contribution in [0, 0.1) is 0 Å². The molecule has 1 aliphatic heterocycles. The van der Waals surface area contributed by atoms with Crippen molar-refractivity contribution in [1.82, 2.24) is 9.80 Å². The summed E-state index contributed by atoms with van der Waals surface area (Å²) in [5.41, 5.74) is 1.09. The van der Waals surface area contributed by atoms with Crippen LogP contribution in [0.1, 0.15) is 51.0 Å². The lowest BCUT2D eigenvalue weighted by Crippen LogP contribution is -2.63. The summed E-state index contributed by atoms with van der Waals surface area (Å²) in [6.07, 6.45) is 7.38. The number of likely N-dealkylation sites (tertiary alicyclic amines) is 1. The van der Waals surface area contributed by atoms with Gasteiger partial charge in [-0.25, -0.2) is 0 Å². The number of likely N-dealkylation sites (N-methyl/N-ethyl adjacent to an activating group) is 1. The van der Waals surface area contributed by atoms with E-state index in [0.29, 0.717) is 16.5 Å². The molecule has 1 aromatic carbocycles. The second kappa shape index (κ2) is 10.9. The average Bonchev–Trinajstić information content (AvgIpc) is 3.20. The predicted molar refractivity (Wildman–Crippen MR) is 129 cm³/mol. The molecule has 0 radical (unpaired) electrons. The number of nitrogens with zero attached hydrogens (tertiary/aromatic N) is 2. The standard InChI is InChI=1S/C23H34Cl2N2O2S/c1-4-27(21(30)16-17-10-11-18(24)19(25)15-17)20-9-5-6-12-23(28-2,29-3)22(20)26-13-7-8-14-26/h10-11,15,20,22H,4-9,12-14,16H2,1-3H3. The van der Waals surface area contributed by atoms with E-state index in [-0.39, 0.29) is 12.1 Å². The molecule has 1 saturated heterocycles. The maximum atomic E-state index is 6.24. The fourth-order valence-electron chi connectivity index (χ4n) is 5.24. The number of hydrogen-bond acceptors (Lipinski definition) is 4. The van der Waals surface area contributed by atoms with Gasteiger partial charge in [0.25, 0.3) is 0 Å². The van der Waals surface area contributed by atoms with E-state index in [4.69, 9.17) is 44.9 Å². The van der Waals surface area contributed by atoms with Crippen LogP contribution >= 0.6 is 35.4 Å². The van der Waals surface area contributed by atoms with Crippen molar-refractivity contribution in [2.75, 3.05) is 33.9 Å². The monoisotopic (exact) mass is 472 g/mol. The van der Waals surface area contributed by atoms with Gasteiger partial charge in [0, 0.05) is 33.6 Å². The first kappa shape index (κ1) is 24.2. The number of methoxy groups -OCH3 is 2. The smallest absolute Gasteiger partial charge is 0.185 e. The highest BCUT2D eigenvalue weighted by atomic mass is 35.5. The summed E-state index contributed by atoms with van der Waals surface area (Å²) >= 11 is 18.3. The van der Waals surface area contributed by atoms with Crippen LogP contribution in [0.15, 0.2) is 18.2 Å². The molecule has 3 rings (SSSR count). The van der Waals surface area contributed by atoms with Gasteiger partial charge in [-0.3, -0.25) is 4.90 Å². The molecule has 2 aliphatic rings. The van der Waals surface area contributed by atoms with Crippen LogP contribution in [0.25, 0.3) is 0 Å². The number of halogens is 2. The zero-order chi connectivity index (χ0) is 21.7. The van der Waals surface area contributed by atoms with E-state index in [1.165, 1.54) is 12.8 Å². The van der Waals surface area contributed by atoms with Crippen LogP contribution in [0.2, 0.25) is 10.0 Å². The third-order valence-corrected chi connectivity index (χ3v) is 7.83. The third kappa shape index (κ3) is 5.13. The molecular formula is C23H34Cl2N2O2S. The van der Waals surface area contributed by atoms with Crippen molar-refractivity contribution >= 4 is 40.4 Å². The van der Waals surface area contributed by atoms with Gasteiger partial charge in [0.2, 0.25) is 0 Å². The number of benzene rings is 1. The molecule has 1 heterocycles. The summed E-state index contributed by atoms with van der Waals surface area (Å²) in [7, 11) is 3.58. The summed E-state index contributed by atoms with van der Waals surface area (Å²) < 4.78 is 12.2. The van der Waals surface area contributed by atoms with Crippen LogP contribution in [0.3, 0.4) is 0 Å². The number of thiocarbonyl (C=S) groups is 1. The zero-order valence-electron chi connectivity index (χ0n) is 18.3. The summed E-state index contributed by atoms with van der Waals surface area (Å²) in [6, 6.07) is 6.19. The van der Waals surface area contributed by atoms with Crippen molar-refractivity contribution in [1.29, 1.82) is 0 Å². The van der Waals surface area contributed by atoms with Crippen LogP contribution in [-0.4, -0.2) is 66.5 Å². The second-order valence-corrected chi connectivity index (χ2v) is 9.61. The molecule has 1 aromatic rings. The van der Waals surface area contributed by atoms with Gasteiger partial charge in [-0.15, -0.1) is 0 Å². The van der Waals surface area contributed by atoms with Gasteiger partial charge in [-0.1, -0.05) is 47.9 Å². The van der Waals surface area contributed by atoms with E-state index in [0.717, 1.165) is 55.9 Å². The van der Waals surface area contributed by atoms with Crippen LogP contribution in [0.4, 0.5) is 0 Å². The molecule has 0 aromatic heterocycles. The van der Waals surface area contributed by atoms with Gasteiger partial charge in [-0.05, 0) is 63.4 Å². The van der Waals surface area contributed by atoms with E-state index < -0.39 is 5.79 Å². The van der Waals surface area contributed by atoms with Gasteiger partial charge in [0.15, 0.2) is 5.79 Å². The van der Waals surface area contributed by atoms with E-state index in [2.05, 4.69) is 16.7 Å². The van der Waals surface area contributed by atoms with Gasteiger partial charge in [0.05, 0.1) is 27.1 Å². The molecule has 0 amide bonds. The Balaban J connectivity index is 1.90. The quantitative estimate of drug-likeness (QED) is 0.293. The predicted octanol–water partition coefficient (Wildman–Crippen LogP) is 5.58. The topological polar surface area (TPSA) is 24.9 Å². The first-order chi connectivity index (χ1) is 14.5. The number of rotatable bonds is 7. The molecule has 7 heteroatoms. The molecule has 1 aliphatic carbocycles. The maximum absolute atomic E-state index is 6.24. The first-order valence-electron chi connectivity index (χ1n) is 11.0. The summed E-state index contributed by atoms with van der Waals surface area (Å²) in [4.78, 5) is 5.92. The van der Waals surface area contributed by atoms with Crippen LogP contribution in [-0.2, 0) is 15.9 Å². The molecule has 2 fully saturated rings. The Kier molecular flexibility index (Phi) is 8.82. The van der Waals surface area contributed by atoms with Crippen molar-refractivity contribution in [3.05, 3.63) is 33.8 Å². The lowest BCUT2D eigenvalue weighted by molar-refractivity contribution is -0.252. The van der Waals surface area contributed by atoms with E-state index in [1.807, 2.05) is 18.2 Å². The summed E-state index contributed by atoms with van der Waals surface area (Å²) in [5.74, 6) is -0.599. The van der Waals surface area contributed by atoms with Crippen LogP contribution in [0.5, 0.6) is 0 Å². The number of hydrogen-bond donors (Lipinski definition) is 0. The summed E-state index contributed by atoms with van der Waals surface area (Å²) in [6.45, 7) is 5.23. The molecule has 0 spiro atoms. The van der Waals surface area contributed by atoms with E-state index in [9.17, 15) is 0 Å². The minimum atomic E-state index is -0.599. The lowest BCUT2D eigenvalue weighted by Gasteiger charge is -2.49. The Morgan fingerprint density at radius 1 is 1.13 bits per heavy atom. The largest absolute Gasteiger partial charge is 0.361 e. The first-order valence-corrected chi connectivity index (χ1v) is 12.2. The average molecular weight is 474 g/mol. The minimum Gasteiger partial charge on any atom is -0.361 e. The van der Waals surface area contributed by atoms with Gasteiger partial charge in [0.1, 0.15) is 0 Å².